The van der Waals surface area contributed by atoms with E-state index in [0.717, 1.165) is 12.8 Å². The molecule has 0 radical (unpaired) electrons. The lowest BCUT2D eigenvalue weighted by Crippen LogP contribution is -2.60. The van der Waals surface area contributed by atoms with E-state index < -0.39 is 0 Å². The molecule has 20 heavy (non-hydrogen) atoms. The first-order chi connectivity index (χ1) is 9.46. The zero-order valence-electron chi connectivity index (χ0n) is 12.8. The molecule has 2 saturated carbocycles. The lowest BCUT2D eigenvalue weighted by Gasteiger charge is -2.57. The van der Waals surface area contributed by atoms with E-state index in [-0.39, 0.29) is 28.6 Å². The Morgan fingerprint density at radius 1 is 1.00 bits per heavy atom. The number of nitrogens with one attached hydrogen (secondary N) is 1. The standard InChI is InChI=1S/C17H27NO2/c1-16(2)9-5-6-10-17(16)11-13(19)18-15(20)14(17)12-7-3-4-8-12/h12,14H,3-11H2,1-2H3,(H,18,19,20). The molecule has 1 saturated heterocycles. The summed E-state index contributed by atoms with van der Waals surface area (Å²) in [5, 5.41) is 2.64. The van der Waals surface area contributed by atoms with Gasteiger partial charge in [-0.25, -0.2) is 0 Å². The number of carbonyl (C=O) groups excluding carboxylic acids is 2. The zero-order valence-corrected chi connectivity index (χ0v) is 12.8. The van der Waals surface area contributed by atoms with Gasteiger partial charge in [0.15, 0.2) is 0 Å². The largest absolute Gasteiger partial charge is 0.296 e. The average molecular weight is 277 g/mol. The van der Waals surface area contributed by atoms with Crippen molar-refractivity contribution in [2.24, 2.45) is 22.7 Å². The normalized spacial score (nSPS) is 38.2. The highest BCUT2D eigenvalue weighted by atomic mass is 16.2. The molecule has 1 aliphatic heterocycles. The Morgan fingerprint density at radius 3 is 2.30 bits per heavy atom. The summed E-state index contributed by atoms with van der Waals surface area (Å²) in [6.45, 7) is 4.58. The Labute approximate surface area is 121 Å². The maximum atomic E-state index is 12.6. The summed E-state index contributed by atoms with van der Waals surface area (Å²) >= 11 is 0. The topological polar surface area (TPSA) is 46.2 Å². The van der Waals surface area contributed by atoms with Crippen LogP contribution in [0.4, 0.5) is 0 Å². The van der Waals surface area contributed by atoms with Crippen molar-refractivity contribution in [2.45, 2.75) is 71.6 Å². The molecule has 2 unspecified atom stereocenters. The first-order valence-corrected chi connectivity index (χ1v) is 8.30. The van der Waals surface area contributed by atoms with Gasteiger partial charge in [0.2, 0.25) is 11.8 Å². The summed E-state index contributed by atoms with van der Waals surface area (Å²) in [5.41, 5.74) is 0.0194. The minimum atomic E-state index is -0.0837. The average Bonchev–Trinajstić information content (AvgIpc) is 2.85. The predicted molar refractivity (Wildman–Crippen MR) is 77.9 cm³/mol. The van der Waals surface area contributed by atoms with Crippen LogP contribution in [0.15, 0.2) is 0 Å². The highest BCUT2D eigenvalue weighted by Gasteiger charge is 2.59. The molecule has 112 valence electrons. The van der Waals surface area contributed by atoms with Crippen molar-refractivity contribution >= 4 is 11.8 Å². The summed E-state index contributed by atoms with van der Waals surface area (Å²) < 4.78 is 0. The van der Waals surface area contributed by atoms with Gasteiger partial charge in [0.1, 0.15) is 0 Å². The second kappa shape index (κ2) is 4.85. The number of hydrogen-bond acceptors (Lipinski definition) is 2. The van der Waals surface area contributed by atoms with Gasteiger partial charge in [-0.05, 0) is 42.4 Å². The highest BCUT2D eigenvalue weighted by Crippen LogP contribution is 2.61. The van der Waals surface area contributed by atoms with Crippen LogP contribution in [0.5, 0.6) is 0 Å². The number of imide groups is 1. The first-order valence-electron chi connectivity index (χ1n) is 8.30. The van der Waals surface area contributed by atoms with Crippen molar-refractivity contribution in [3.8, 4) is 0 Å². The molecule has 0 aromatic heterocycles. The molecule has 2 aliphatic carbocycles. The molecular formula is C17H27NO2. The molecule has 3 nitrogen and oxygen atoms in total. The van der Waals surface area contributed by atoms with Crippen LogP contribution in [0.1, 0.15) is 71.6 Å². The molecule has 1 N–H and O–H groups in total. The monoisotopic (exact) mass is 277 g/mol. The maximum Gasteiger partial charge on any atom is 0.230 e. The second-order valence-electron chi connectivity index (χ2n) is 7.86. The number of amides is 2. The van der Waals surface area contributed by atoms with Gasteiger partial charge in [-0.1, -0.05) is 39.5 Å². The van der Waals surface area contributed by atoms with Crippen LogP contribution >= 0.6 is 0 Å². The van der Waals surface area contributed by atoms with Gasteiger partial charge in [0.05, 0.1) is 0 Å². The third-order valence-corrected chi connectivity index (χ3v) is 6.51. The van der Waals surface area contributed by atoms with Gasteiger partial charge in [-0.3, -0.25) is 14.9 Å². The number of hydrogen-bond donors (Lipinski definition) is 1. The van der Waals surface area contributed by atoms with E-state index in [2.05, 4.69) is 19.2 Å². The molecule has 1 spiro atoms. The number of piperidine rings is 1. The summed E-state index contributed by atoms with van der Waals surface area (Å²) in [4.78, 5) is 24.7. The van der Waals surface area contributed by atoms with Crippen molar-refractivity contribution in [2.75, 3.05) is 0 Å². The Bertz CT molecular complexity index is 423. The van der Waals surface area contributed by atoms with Crippen molar-refractivity contribution in [3.05, 3.63) is 0 Å². The van der Waals surface area contributed by atoms with E-state index >= 15 is 0 Å². The summed E-state index contributed by atoms with van der Waals surface area (Å²) in [6, 6.07) is 0. The fourth-order valence-corrected chi connectivity index (χ4v) is 5.36. The molecule has 0 bridgehead atoms. The van der Waals surface area contributed by atoms with Gasteiger partial charge in [-0.15, -0.1) is 0 Å². The van der Waals surface area contributed by atoms with E-state index in [1.165, 1.54) is 38.5 Å². The third-order valence-electron chi connectivity index (χ3n) is 6.51. The Morgan fingerprint density at radius 2 is 1.65 bits per heavy atom. The molecule has 3 fully saturated rings. The van der Waals surface area contributed by atoms with Crippen LogP contribution < -0.4 is 5.32 Å². The SMILES string of the molecule is CC1(C)CCCCC12CC(=O)NC(=O)C2C1CCCC1. The van der Waals surface area contributed by atoms with Crippen molar-refractivity contribution in [3.63, 3.8) is 0 Å². The summed E-state index contributed by atoms with van der Waals surface area (Å²) in [7, 11) is 0. The van der Waals surface area contributed by atoms with Gasteiger partial charge >= 0.3 is 0 Å². The van der Waals surface area contributed by atoms with Crippen LogP contribution in [0.25, 0.3) is 0 Å². The van der Waals surface area contributed by atoms with Gasteiger partial charge in [-0.2, -0.15) is 0 Å². The number of carbonyl (C=O) groups is 2. The van der Waals surface area contributed by atoms with E-state index in [9.17, 15) is 9.59 Å². The molecule has 3 heteroatoms. The van der Waals surface area contributed by atoms with E-state index in [0.29, 0.717) is 12.3 Å². The third kappa shape index (κ3) is 2.01. The van der Waals surface area contributed by atoms with Crippen LogP contribution in [0, 0.1) is 22.7 Å². The fourth-order valence-electron chi connectivity index (χ4n) is 5.36. The molecule has 1 heterocycles. The van der Waals surface area contributed by atoms with E-state index in [1.54, 1.807) is 0 Å². The summed E-state index contributed by atoms with van der Waals surface area (Å²) in [6.07, 6.45) is 10.0. The van der Waals surface area contributed by atoms with E-state index in [4.69, 9.17) is 0 Å². The predicted octanol–water partition coefficient (Wildman–Crippen LogP) is 3.43. The fraction of sp³-hybridized carbons (Fsp3) is 0.882. The first kappa shape index (κ1) is 14.1. The van der Waals surface area contributed by atoms with Crippen molar-refractivity contribution < 1.29 is 9.59 Å². The molecular weight excluding hydrogens is 250 g/mol. The number of rotatable bonds is 1. The Balaban J connectivity index is 2.01. The lowest BCUT2D eigenvalue weighted by molar-refractivity contribution is -0.159. The van der Waals surface area contributed by atoms with E-state index in [1.807, 2.05) is 0 Å². The molecule has 2 atom stereocenters. The van der Waals surface area contributed by atoms with Crippen LogP contribution in [-0.4, -0.2) is 11.8 Å². The van der Waals surface area contributed by atoms with Crippen LogP contribution in [0.3, 0.4) is 0 Å². The summed E-state index contributed by atoms with van der Waals surface area (Å²) in [5.74, 6) is 0.556. The minimum Gasteiger partial charge on any atom is -0.296 e. The van der Waals surface area contributed by atoms with Crippen molar-refractivity contribution in [1.29, 1.82) is 0 Å². The lowest BCUT2D eigenvalue weighted by atomic mass is 9.48. The quantitative estimate of drug-likeness (QED) is 0.746. The Kier molecular flexibility index (Phi) is 3.42. The molecule has 3 aliphatic rings. The van der Waals surface area contributed by atoms with Gasteiger partial charge in [0.25, 0.3) is 0 Å². The van der Waals surface area contributed by atoms with Crippen LogP contribution in [0.2, 0.25) is 0 Å². The molecule has 2 amide bonds. The maximum absolute atomic E-state index is 12.6. The second-order valence-corrected chi connectivity index (χ2v) is 7.86. The molecule has 3 rings (SSSR count). The zero-order chi connectivity index (χ0) is 14.4. The highest BCUT2D eigenvalue weighted by molar-refractivity contribution is 6.00. The van der Waals surface area contributed by atoms with Crippen molar-refractivity contribution in [1.82, 2.24) is 5.32 Å². The van der Waals surface area contributed by atoms with Gasteiger partial charge in [0, 0.05) is 12.3 Å². The Hall–Kier alpha value is -0.860. The van der Waals surface area contributed by atoms with Gasteiger partial charge < -0.3 is 0 Å². The molecule has 0 aromatic rings. The van der Waals surface area contributed by atoms with Crippen LogP contribution in [-0.2, 0) is 9.59 Å². The molecule has 0 aromatic carbocycles. The smallest absolute Gasteiger partial charge is 0.230 e. The minimum absolute atomic E-state index is 0.0307.